The van der Waals surface area contributed by atoms with Gasteiger partial charge in [-0.1, -0.05) is 11.6 Å². The largest absolute Gasteiger partial charge is 0.488 e. The summed E-state index contributed by atoms with van der Waals surface area (Å²) in [6.45, 7) is 8.26. The lowest BCUT2D eigenvalue weighted by Gasteiger charge is -2.36. The van der Waals surface area contributed by atoms with Crippen molar-refractivity contribution in [1.29, 1.82) is 0 Å². The highest BCUT2D eigenvalue weighted by atomic mass is 35.5. The van der Waals surface area contributed by atoms with E-state index in [0.717, 1.165) is 25.9 Å². The van der Waals surface area contributed by atoms with Gasteiger partial charge in [0.2, 0.25) is 0 Å². The third-order valence-corrected chi connectivity index (χ3v) is 5.71. The number of likely N-dealkylation sites (tertiary alicyclic amines) is 1. The van der Waals surface area contributed by atoms with Gasteiger partial charge in [-0.15, -0.1) is 0 Å². The molecule has 0 bridgehead atoms. The number of benzene rings is 1. The number of hydrogen-bond acceptors (Lipinski definition) is 6. The lowest BCUT2D eigenvalue weighted by atomic mass is 10.0. The maximum absolute atomic E-state index is 12.6. The van der Waals surface area contributed by atoms with Crippen molar-refractivity contribution in [3.8, 4) is 5.75 Å². The van der Waals surface area contributed by atoms with Crippen LogP contribution in [0.3, 0.4) is 0 Å². The van der Waals surface area contributed by atoms with Crippen molar-refractivity contribution in [3.05, 3.63) is 33.7 Å². The van der Waals surface area contributed by atoms with Crippen molar-refractivity contribution in [2.24, 2.45) is 0 Å². The molecule has 1 aromatic carbocycles. The molecule has 1 aromatic heterocycles. The van der Waals surface area contributed by atoms with E-state index in [2.05, 4.69) is 15.2 Å². The Hall–Kier alpha value is -2.32. The molecule has 9 heteroatoms. The van der Waals surface area contributed by atoms with Crippen LogP contribution in [-0.4, -0.2) is 58.4 Å². The Bertz CT molecular complexity index is 1010. The first kappa shape index (κ1) is 20.9. The van der Waals surface area contributed by atoms with Crippen molar-refractivity contribution < 1.29 is 14.3 Å². The second-order valence-corrected chi connectivity index (χ2v) is 9.30. The molecule has 2 aliphatic rings. The molecule has 162 valence electrons. The summed E-state index contributed by atoms with van der Waals surface area (Å²) in [6, 6.07) is 3.51. The maximum Gasteiger partial charge on any atom is 0.407 e. The number of hydrogen-bond donors (Lipinski definition) is 1. The van der Waals surface area contributed by atoms with Crippen molar-refractivity contribution in [2.75, 3.05) is 26.2 Å². The minimum Gasteiger partial charge on any atom is -0.488 e. The van der Waals surface area contributed by atoms with Crippen molar-refractivity contribution in [2.45, 2.75) is 51.3 Å². The first-order chi connectivity index (χ1) is 14.2. The predicted octanol–water partition coefficient (Wildman–Crippen LogP) is 2.97. The minimum absolute atomic E-state index is 0.0913. The fourth-order valence-electron chi connectivity index (χ4n) is 4.09. The molecule has 0 radical (unpaired) electrons. The zero-order valence-electron chi connectivity index (χ0n) is 17.5. The second-order valence-electron chi connectivity index (χ2n) is 8.90. The number of nitrogens with one attached hydrogen (secondary N) is 1. The van der Waals surface area contributed by atoms with E-state index in [0.29, 0.717) is 35.0 Å². The Labute approximate surface area is 180 Å². The summed E-state index contributed by atoms with van der Waals surface area (Å²) in [5.41, 5.74) is 0.696. The quantitative estimate of drug-likeness (QED) is 0.799. The third-order valence-electron chi connectivity index (χ3n) is 5.42. The zero-order valence-corrected chi connectivity index (χ0v) is 18.2. The monoisotopic (exact) mass is 434 g/mol. The van der Waals surface area contributed by atoms with Gasteiger partial charge in [-0.3, -0.25) is 9.36 Å². The number of amides is 1. The molecule has 1 atom stereocenters. The zero-order chi connectivity index (χ0) is 21.5. The number of carbonyl (C=O) groups excluding carboxylic acids is 1. The van der Waals surface area contributed by atoms with Gasteiger partial charge >= 0.3 is 6.09 Å². The first-order valence-corrected chi connectivity index (χ1v) is 10.6. The molecule has 2 aliphatic heterocycles. The highest BCUT2D eigenvalue weighted by Crippen LogP contribution is 2.36. The lowest BCUT2D eigenvalue weighted by molar-refractivity contribution is 0.0473. The van der Waals surface area contributed by atoms with Crippen LogP contribution in [-0.2, 0) is 4.74 Å². The van der Waals surface area contributed by atoms with Gasteiger partial charge in [0.25, 0.3) is 5.56 Å². The maximum atomic E-state index is 12.6. The number of nitrogens with zero attached hydrogens (tertiary/aromatic N) is 3. The van der Waals surface area contributed by atoms with Crippen molar-refractivity contribution >= 4 is 28.7 Å². The van der Waals surface area contributed by atoms with Gasteiger partial charge in [0.1, 0.15) is 17.7 Å². The van der Waals surface area contributed by atoms with Gasteiger partial charge < -0.3 is 19.7 Å². The number of halogens is 1. The average Bonchev–Trinajstić information content (AvgIpc) is 2.67. The molecule has 0 aliphatic carbocycles. The van der Waals surface area contributed by atoms with Gasteiger partial charge in [0.05, 0.1) is 22.8 Å². The number of alkyl carbamates (subject to hydrolysis) is 1. The number of ether oxygens (including phenoxy) is 2. The van der Waals surface area contributed by atoms with E-state index >= 15 is 0 Å². The third kappa shape index (κ3) is 4.39. The first-order valence-electron chi connectivity index (χ1n) is 10.3. The summed E-state index contributed by atoms with van der Waals surface area (Å²) >= 11 is 6.28. The molecule has 1 N–H and O–H groups in total. The highest BCUT2D eigenvalue weighted by molar-refractivity contribution is 6.33. The van der Waals surface area contributed by atoms with Crippen LogP contribution in [0.1, 0.15) is 39.7 Å². The topological polar surface area (TPSA) is 85.7 Å². The van der Waals surface area contributed by atoms with Crippen molar-refractivity contribution in [1.82, 2.24) is 19.8 Å². The summed E-state index contributed by atoms with van der Waals surface area (Å²) in [7, 11) is 0. The predicted molar refractivity (Wildman–Crippen MR) is 114 cm³/mol. The smallest absolute Gasteiger partial charge is 0.407 e. The Morgan fingerprint density at radius 3 is 2.77 bits per heavy atom. The fourth-order valence-corrected chi connectivity index (χ4v) is 4.30. The lowest BCUT2D eigenvalue weighted by Crippen LogP contribution is -2.48. The molecular weight excluding hydrogens is 408 g/mol. The van der Waals surface area contributed by atoms with Gasteiger partial charge in [0.15, 0.2) is 5.75 Å². The van der Waals surface area contributed by atoms with E-state index in [1.807, 2.05) is 20.8 Å². The van der Waals surface area contributed by atoms with Crippen LogP contribution < -0.4 is 15.6 Å². The number of piperidine rings is 1. The summed E-state index contributed by atoms with van der Waals surface area (Å²) in [6.07, 6.45) is 2.64. The normalized spacial score (nSPS) is 20.1. The molecular formula is C21H27ClN4O4. The number of carbonyl (C=O) groups is 1. The highest BCUT2D eigenvalue weighted by Gasteiger charge is 2.30. The van der Waals surface area contributed by atoms with Crippen LogP contribution in [0.25, 0.3) is 11.0 Å². The molecule has 0 spiro atoms. The van der Waals surface area contributed by atoms with Crippen LogP contribution in [0, 0.1) is 0 Å². The molecule has 8 nitrogen and oxygen atoms in total. The summed E-state index contributed by atoms with van der Waals surface area (Å²) < 4.78 is 13.0. The number of rotatable bonds is 3. The molecule has 1 fully saturated rings. The van der Waals surface area contributed by atoms with E-state index in [4.69, 9.17) is 21.1 Å². The van der Waals surface area contributed by atoms with Gasteiger partial charge in [0, 0.05) is 25.7 Å². The molecule has 1 amide bonds. The van der Waals surface area contributed by atoms with Crippen LogP contribution in [0.4, 0.5) is 4.79 Å². The van der Waals surface area contributed by atoms with Crippen LogP contribution in [0.5, 0.6) is 5.75 Å². The van der Waals surface area contributed by atoms with E-state index in [-0.39, 0.29) is 23.7 Å². The van der Waals surface area contributed by atoms with Crippen LogP contribution in [0.2, 0.25) is 5.02 Å². The molecule has 3 heterocycles. The van der Waals surface area contributed by atoms with Gasteiger partial charge in [-0.05, 0) is 45.7 Å². The second kappa shape index (κ2) is 8.07. The molecule has 0 saturated carbocycles. The average molecular weight is 435 g/mol. The number of aromatic nitrogens is 2. The Morgan fingerprint density at radius 1 is 1.33 bits per heavy atom. The van der Waals surface area contributed by atoms with Crippen molar-refractivity contribution in [3.63, 3.8) is 0 Å². The van der Waals surface area contributed by atoms with E-state index in [1.54, 1.807) is 16.7 Å². The summed E-state index contributed by atoms with van der Waals surface area (Å²) in [5, 5.41) is 3.44. The fraction of sp³-hybridized carbons (Fsp3) is 0.571. The summed E-state index contributed by atoms with van der Waals surface area (Å²) in [5.74, 6) is 0.524. The molecule has 1 unspecified atom stereocenters. The molecule has 30 heavy (non-hydrogen) atoms. The molecule has 1 saturated heterocycles. The van der Waals surface area contributed by atoms with Gasteiger partial charge in [-0.2, -0.15) is 0 Å². The SMILES string of the molecule is CC(C)(C)OC(=O)NC1CCN(CC2COc3c(Cl)ccc4ncc(=O)n2c34)CC1. The minimum atomic E-state index is -0.506. The molecule has 2 aromatic rings. The Morgan fingerprint density at radius 2 is 2.07 bits per heavy atom. The van der Waals surface area contributed by atoms with E-state index < -0.39 is 5.60 Å². The Kier molecular flexibility index (Phi) is 5.63. The Balaban J connectivity index is 1.42. The van der Waals surface area contributed by atoms with Crippen LogP contribution >= 0.6 is 11.6 Å². The van der Waals surface area contributed by atoms with Crippen LogP contribution in [0.15, 0.2) is 23.1 Å². The standard InChI is InChI=1S/C21H27ClN4O4/c1-21(2,3)30-20(28)24-13-6-8-25(9-7-13)11-14-12-29-19-15(22)4-5-16-18(19)26(14)17(27)10-23-16/h4-5,10,13-14H,6-9,11-12H2,1-3H3,(H,24,28). The van der Waals surface area contributed by atoms with Gasteiger partial charge in [-0.25, -0.2) is 9.78 Å². The van der Waals surface area contributed by atoms with E-state index in [9.17, 15) is 9.59 Å². The van der Waals surface area contributed by atoms with E-state index in [1.165, 1.54) is 6.20 Å². The summed E-state index contributed by atoms with van der Waals surface area (Å²) in [4.78, 5) is 31.2. The molecule has 4 rings (SSSR count).